The number of carboxylic acid groups (broad SMARTS) is 1. The van der Waals surface area contributed by atoms with E-state index in [9.17, 15) is 37.1 Å². The van der Waals surface area contributed by atoms with E-state index in [0.717, 1.165) is 31.7 Å². The van der Waals surface area contributed by atoms with Gasteiger partial charge < -0.3 is 15.3 Å². The first-order chi connectivity index (χ1) is 21.4. The molecule has 1 saturated carbocycles. The van der Waals surface area contributed by atoms with Crippen molar-refractivity contribution >= 4 is 29.3 Å². The SMILES string of the molecule is Cc1ccc(NC(=O)[C@H]2CCCN(C(=O)c3c(C)cccc3F)[C@H]2c2ccc(N(C(=O)O)C3CCCC3)cc2)cc1C(F)(F)F. The maximum atomic E-state index is 15.0. The lowest BCUT2D eigenvalue weighted by molar-refractivity contribution is -0.138. The van der Waals surface area contributed by atoms with E-state index in [2.05, 4.69) is 5.32 Å². The number of benzene rings is 3. The predicted octanol–water partition coefficient (Wildman–Crippen LogP) is 8.12. The van der Waals surface area contributed by atoms with E-state index in [1.54, 1.807) is 37.3 Å². The predicted molar refractivity (Wildman–Crippen MR) is 162 cm³/mol. The molecule has 45 heavy (non-hydrogen) atoms. The summed E-state index contributed by atoms with van der Waals surface area (Å²) in [5, 5.41) is 12.6. The first-order valence-corrected chi connectivity index (χ1v) is 15.0. The zero-order valence-corrected chi connectivity index (χ0v) is 25.0. The molecule has 238 valence electrons. The molecule has 0 bridgehead atoms. The molecule has 0 radical (unpaired) electrons. The molecule has 3 amide bonds. The normalized spacial score (nSPS) is 18.9. The van der Waals surface area contributed by atoms with Crippen LogP contribution in [0.15, 0.2) is 60.7 Å². The van der Waals surface area contributed by atoms with Crippen molar-refractivity contribution in [2.75, 3.05) is 16.8 Å². The van der Waals surface area contributed by atoms with Crippen LogP contribution in [0.5, 0.6) is 0 Å². The number of alkyl halides is 3. The smallest absolute Gasteiger partial charge is 0.416 e. The summed E-state index contributed by atoms with van der Waals surface area (Å²) < 4.78 is 55.7. The molecule has 1 aliphatic heterocycles. The fourth-order valence-electron chi connectivity index (χ4n) is 6.67. The highest BCUT2D eigenvalue weighted by Gasteiger charge is 2.41. The van der Waals surface area contributed by atoms with E-state index in [0.29, 0.717) is 29.7 Å². The summed E-state index contributed by atoms with van der Waals surface area (Å²) >= 11 is 0. The number of aryl methyl sites for hydroxylation is 2. The van der Waals surface area contributed by atoms with Crippen LogP contribution in [0.25, 0.3) is 0 Å². The molecule has 2 fully saturated rings. The Morgan fingerprint density at radius 3 is 2.22 bits per heavy atom. The van der Waals surface area contributed by atoms with Crippen molar-refractivity contribution in [3.05, 3.63) is 94.3 Å². The van der Waals surface area contributed by atoms with E-state index in [4.69, 9.17) is 0 Å². The Kier molecular flexibility index (Phi) is 9.18. The zero-order valence-electron chi connectivity index (χ0n) is 25.0. The number of halogens is 4. The minimum absolute atomic E-state index is 0.0150. The Balaban J connectivity index is 1.52. The molecule has 1 heterocycles. The van der Waals surface area contributed by atoms with Crippen LogP contribution in [0.3, 0.4) is 0 Å². The third-order valence-electron chi connectivity index (χ3n) is 8.88. The van der Waals surface area contributed by atoms with E-state index in [1.807, 2.05) is 0 Å². The Morgan fingerprint density at radius 1 is 0.911 bits per heavy atom. The molecule has 0 spiro atoms. The van der Waals surface area contributed by atoms with Gasteiger partial charge >= 0.3 is 12.3 Å². The fraction of sp³-hybridized carbons (Fsp3) is 0.382. The lowest BCUT2D eigenvalue weighted by atomic mass is 9.83. The number of carbonyl (C=O) groups excluding carboxylic acids is 2. The van der Waals surface area contributed by atoms with Crippen LogP contribution in [0.4, 0.5) is 33.7 Å². The van der Waals surface area contributed by atoms with Gasteiger partial charge in [0.2, 0.25) is 5.91 Å². The maximum absolute atomic E-state index is 15.0. The molecule has 11 heteroatoms. The van der Waals surface area contributed by atoms with E-state index >= 15 is 0 Å². The van der Waals surface area contributed by atoms with Gasteiger partial charge in [-0.1, -0.05) is 43.2 Å². The molecule has 3 aromatic rings. The van der Waals surface area contributed by atoms with Crippen molar-refractivity contribution < 1.29 is 37.1 Å². The maximum Gasteiger partial charge on any atom is 0.416 e. The number of carbonyl (C=O) groups is 3. The van der Waals surface area contributed by atoms with Crippen LogP contribution >= 0.6 is 0 Å². The minimum atomic E-state index is -4.61. The number of likely N-dealkylation sites (tertiary alicyclic amines) is 1. The number of hydrogen-bond acceptors (Lipinski definition) is 3. The van der Waals surface area contributed by atoms with Gasteiger partial charge in [-0.25, -0.2) is 9.18 Å². The third-order valence-corrected chi connectivity index (χ3v) is 8.88. The Hall–Kier alpha value is -4.41. The van der Waals surface area contributed by atoms with Gasteiger partial charge in [-0.05, 0) is 86.6 Å². The number of nitrogens with zero attached hydrogens (tertiary/aromatic N) is 2. The first-order valence-electron chi connectivity index (χ1n) is 15.0. The number of rotatable bonds is 6. The highest BCUT2D eigenvalue weighted by atomic mass is 19.4. The largest absolute Gasteiger partial charge is 0.465 e. The average molecular weight is 626 g/mol. The number of nitrogens with one attached hydrogen (secondary N) is 1. The van der Waals surface area contributed by atoms with E-state index < -0.39 is 47.4 Å². The summed E-state index contributed by atoms with van der Waals surface area (Å²) in [5.41, 5.74) is 0.401. The van der Waals surface area contributed by atoms with Gasteiger partial charge in [-0.15, -0.1) is 0 Å². The van der Waals surface area contributed by atoms with Crippen molar-refractivity contribution in [2.24, 2.45) is 5.92 Å². The third kappa shape index (κ3) is 6.67. The molecule has 1 saturated heterocycles. The van der Waals surface area contributed by atoms with Crippen molar-refractivity contribution in [2.45, 2.75) is 70.6 Å². The summed E-state index contributed by atoms with van der Waals surface area (Å²) in [4.78, 5) is 42.7. The minimum Gasteiger partial charge on any atom is -0.465 e. The summed E-state index contributed by atoms with van der Waals surface area (Å²) in [6, 6.07) is 13.4. The molecule has 0 unspecified atom stereocenters. The zero-order chi connectivity index (χ0) is 32.5. The number of anilines is 2. The Morgan fingerprint density at radius 2 is 1.60 bits per heavy atom. The molecule has 2 aliphatic rings. The van der Waals surface area contributed by atoms with Gasteiger partial charge in [-0.3, -0.25) is 14.5 Å². The van der Waals surface area contributed by atoms with Gasteiger partial charge in [0.15, 0.2) is 0 Å². The summed E-state index contributed by atoms with van der Waals surface area (Å²) in [5.74, 6) is -2.78. The Bertz CT molecular complexity index is 1560. The first kappa shape index (κ1) is 32.0. The van der Waals surface area contributed by atoms with Crippen LogP contribution < -0.4 is 10.2 Å². The lowest BCUT2D eigenvalue weighted by Gasteiger charge is -2.41. The lowest BCUT2D eigenvalue weighted by Crippen LogP contribution is -2.46. The second-order valence-electron chi connectivity index (χ2n) is 11.8. The second-order valence-corrected chi connectivity index (χ2v) is 11.8. The van der Waals surface area contributed by atoms with Crippen LogP contribution in [0.2, 0.25) is 0 Å². The van der Waals surface area contributed by atoms with E-state index in [1.165, 1.54) is 41.0 Å². The van der Waals surface area contributed by atoms with Crippen molar-refractivity contribution in [1.29, 1.82) is 0 Å². The van der Waals surface area contributed by atoms with Crippen LogP contribution in [0.1, 0.15) is 77.2 Å². The summed E-state index contributed by atoms with van der Waals surface area (Å²) in [6.07, 6.45) is -1.60. The van der Waals surface area contributed by atoms with Crippen molar-refractivity contribution in [1.82, 2.24) is 4.90 Å². The fourth-order valence-corrected chi connectivity index (χ4v) is 6.67. The van der Waals surface area contributed by atoms with Crippen molar-refractivity contribution in [3.63, 3.8) is 0 Å². The molecule has 2 atom stereocenters. The Labute approximate surface area is 258 Å². The second kappa shape index (κ2) is 12.9. The van der Waals surface area contributed by atoms with Gasteiger partial charge in [-0.2, -0.15) is 13.2 Å². The highest BCUT2D eigenvalue weighted by molar-refractivity contribution is 5.98. The molecule has 3 aromatic carbocycles. The van der Waals surface area contributed by atoms with Crippen LogP contribution in [-0.4, -0.2) is 40.5 Å². The van der Waals surface area contributed by atoms with Gasteiger partial charge in [0, 0.05) is 24.0 Å². The van der Waals surface area contributed by atoms with E-state index in [-0.39, 0.29) is 29.4 Å². The summed E-state index contributed by atoms with van der Waals surface area (Å²) in [7, 11) is 0. The number of hydrogen-bond donors (Lipinski definition) is 2. The monoisotopic (exact) mass is 625 g/mol. The van der Waals surface area contributed by atoms with Gasteiger partial charge in [0.1, 0.15) is 5.82 Å². The molecular weight excluding hydrogens is 590 g/mol. The molecule has 0 aromatic heterocycles. The quantitative estimate of drug-likeness (QED) is 0.271. The highest BCUT2D eigenvalue weighted by Crippen LogP contribution is 2.40. The van der Waals surface area contributed by atoms with Crippen LogP contribution in [0, 0.1) is 25.6 Å². The van der Waals surface area contributed by atoms with Gasteiger partial charge in [0.25, 0.3) is 5.91 Å². The van der Waals surface area contributed by atoms with Crippen molar-refractivity contribution in [3.8, 4) is 0 Å². The molecule has 5 rings (SSSR count). The standard InChI is InChI=1S/C34H35F4N3O4/c1-20-12-15-23(19-27(20)34(36,37)38)39-31(42)26-10-6-18-40(32(43)29-21(2)7-5-11-28(29)35)30(26)22-13-16-25(17-14-22)41(33(44)45)24-8-3-4-9-24/h5,7,11-17,19,24,26,30H,3-4,6,8-10,18H2,1-2H3,(H,39,42)(H,44,45)/t26-,30-/m0/s1. The molecular formula is C34H35F4N3O4. The van der Waals surface area contributed by atoms with Gasteiger partial charge in [0.05, 0.1) is 23.1 Å². The van der Waals surface area contributed by atoms with Crippen LogP contribution in [-0.2, 0) is 11.0 Å². The molecule has 7 nitrogen and oxygen atoms in total. The summed E-state index contributed by atoms with van der Waals surface area (Å²) in [6.45, 7) is 3.17. The number of piperidine rings is 1. The molecule has 2 N–H and O–H groups in total. The average Bonchev–Trinajstić information content (AvgIpc) is 3.51. The number of amides is 3. The molecule has 1 aliphatic carbocycles. The topological polar surface area (TPSA) is 90.0 Å².